The van der Waals surface area contributed by atoms with E-state index in [0.29, 0.717) is 16.8 Å². The molecule has 1 aliphatic rings. The molecule has 0 unspecified atom stereocenters. The number of fused-ring (bicyclic) bond motifs is 1. The number of carbonyl (C=O) groups excluding carboxylic acids is 1. The zero-order valence-electron chi connectivity index (χ0n) is 13.7. The molecule has 4 N–H and O–H groups in total. The maximum Gasteiger partial charge on any atom is 0.276 e. The lowest BCUT2D eigenvalue weighted by Gasteiger charge is -2.28. The minimum absolute atomic E-state index is 0.268. The summed E-state index contributed by atoms with van der Waals surface area (Å²) in [5.41, 5.74) is 9.36. The number of nitrogen functional groups attached to an aromatic ring is 1. The van der Waals surface area contributed by atoms with Gasteiger partial charge in [0.25, 0.3) is 5.91 Å². The lowest BCUT2D eigenvalue weighted by atomic mass is 10.2. The van der Waals surface area contributed by atoms with Gasteiger partial charge in [0.15, 0.2) is 5.69 Å². The first-order chi connectivity index (χ1) is 12.2. The Morgan fingerprint density at radius 3 is 2.68 bits per heavy atom. The Morgan fingerprint density at radius 1 is 1.16 bits per heavy atom. The van der Waals surface area contributed by atoms with Gasteiger partial charge in [0.1, 0.15) is 0 Å². The van der Waals surface area contributed by atoms with Crippen molar-refractivity contribution >= 4 is 33.9 Å². The minimum atomic E-state index is -0.268. The molecule has 0 saturated carbocycles. The van der Waals surface area contributed by atoms with Gasteiger partial charge in [0, 0.05) is 35.5 Å². The molecular formula is C18H19N5O2. The van der Waals surface area contributed by atoms with E-state index < -0.39 is 0 Å². The van der Waals surface area contributed by atoms with E-state index in [1.54, 1.807) is 12.1 Å². The molecule has 0 radical (unpaired) electrons. The summed E-state index contributed by atoms with van der Waals surface area (Å²) in [5.74, 6) is -0.268. The summed E-state index contributed by atoms with van der Waals surface area (Å²) in [4.78, 5) is 14.8. The van der Waals surface area contributed by atoms with E-state index in [9.17, 15) is 4.79 Å². The molecular weight excluding hydrogens is 318 g/mol. The number of benzene rings is 2. The highest BCUT2D eigenvalue weighted by molar-refractivity contribution is 6.11. The van der Waals surface area contributed by atoms with Gasteiger partial charge in [-0.25, -0.2) is 0 Å². The van der Waals surface area contributed by atoms with E-state index in [1.165, 1.54) is 0 Å². The van der Waals surface area contributed by atoms with Crippen LogP contribution in [0, 0.1) is 0 Å². The SMILES string of the molecule is Nc1ccc2[nH]nc(C(=O)Nc3ccc(N4CCOCC4)cc3)c2c1. The molecule has 3 aromatic rings. The van der Waals surface area contributed by atoms with Crippen LogP contribution in [0.4, 0.5) is 17.1 Å². The quantitative estimate of drug-likeness (QED) is 0.637. The number of nitrogens with two attached hydrogens (primary N) is 1. The molecule has 1 saturated heterocycles. The van der Waals surface area contributed by atoms with Gasteiger partial charge in [-0.3, -0.25) is 9.89 Å². The summed E-state index contributed by atoms with van der Waals surface area (Å²) in [7, 11) is 0. The van der Waals surface area contributed by atoms with Gasteiger partial charge in [0.05, 0.1) is 18.7 Å². The van der Waals surface area contributed by atoms with Gasteiger partial charge >= 0.3 is 0 Å². The van der Waals surface area contributed by atoms with Gasteiger partial charge in [0.2, 0.25) is 0 Å². The van der Waals surface area contributed by atoms with Crippen molar-refractivity contribution in [2.24, 2.45) is 0 Å². The summed E-state index contributed by atoms with van der Waals surface area (Å²) >= 11 is 0. The Balaban J connectivity index is 1.51. The van der Waals surface area contributed by atoms with Crippen LogP contribution in [0.25, 0.3) is 10.9 Å². The fraction of sp³-hybridized carbons (Fsp3) is 0.222. The van der Waals surface area contributed by atoms with E-state index in [0.717, 1.165) is 43.2 Å². The fourth-order valence-electron chi connectivity index (χ4n) is 2.97. The standard InChI is InChI=1S/C18H19N5O2/c19-12-1-6-16-15(11-12)17(22-21-16)18(24)20-13-2-4-14(5-3-13)23-7-9-25-10-8-23/h1-6,11H,7-10,19H2,(H,20,24)(H,21,22). The molecule has 1 amide bonds. The maximum absolute atomic E-state index is 12.5. The largest absolute Gasteiger partial charge is 0.399 e. The molecule has 1 fully saturated rings. The predicted molar refractivity (Wildman–Crippen MR) is 97.9 cm³/mol. The number of morpholine rings is 1. The van der Waals surface area contributed by atoms with Crippen LogP contribution in [0.1, 0.15) is 10.5 Å². The zero-order valence-corrected chi connectivity index (χ0v) is 13.7. The Morgan fingerprint density at radius 2 is 1.92 bits per heavy atom. The third kappa shape index (κ3) is 3.14. The predicted octanol–water partition coefficient (Wildman–Crippen LogP) is 2.23. The highest BCUT2D eigenvalue weighted by Crippen LogP contribution is 2.22. The number of aromatic amines is 1. The molecule has 2 aromatic carbocycles. The average molecular weight is 337 g/mol. The van der Waals surface area contributed by atoms with Crippen molar-refractivity contribution in [2.45, 2.75) is 0 Å². The first-order valence-electron chi connectivity index (χ1n) is 8.18. The second-order valence-electron chi connectivity index (χ2n) is 5.98. The molecule has 4 rings (SSSR count). The van der Waals surface area contributed by atoms with Crippen LogP contribution in [-0.2, 0) is 4.74 Å². The second kappa shape index (κ2) is 6.45. The number of hydrogen-bond acceptors (Lipinski definition) is 5. The first kappa shape index (κ1) is 15.5. The molecule has 25 heavy (non-hydrogen) atoms. The van der Waals surface area contributed by atoms with Gasteiger partial charge in [-0.05, 0) is 42.5 Å². The number of anilines is 3. The second-order valence-corrected chi connectivity index (χ2v) is 5.98. The van der Waals surface area contributed by atoms with Crippen molar-refractivity contribution in [3.8, 4) is 0 Å². The highest BCUT2D eigenvalue weighted by Gasteiger charge is 2.15. The van der Waals surface area contributed by atoms with E-state index in [4.69, 9.17) is 10.5 Å². The van der Waals surface area contributed by atoms with Crippen molar-refractivity contribution in [3.63, 3.8) is 0 Å². The van der Waals surface area contributed by atoms with Crippen LogP contribution in [0.3, 0.4) is 0 Å². The number of carbonyl (C=O) groups is 1. The van der Waals surface area contributed by atoms with Gasteiger partial charge < -0.3 is 20.7 Å². The minimum Gasteiger partial charge on any atom is -0.399 e. The number of ether oxygens (including phenoxy) is 1. The van der Waals surface area contributed by atoms with E-state index in [2.05, 4.69) is 20.4 Å². The molecule has 0 bridgehead atoms. The summed E-state index contributed by atoms with van der Waals surface area (Å²) in [5, 5.41) is 10.5. The van der Waals surface area contributed by atoms with Crippen LogP contribution in [0.5, 0.6) is 0 Å². The van der Waals surface area contributed by atoms with Crippen LogP contribution in [0.15, 0.2) is 42.5 Å². The molecule has 128 valence electrons. The van der Waals surface area contributed by atoms with Gasteiger partial charge in [-0.1, -0.05) is 0 Å². The lowest BCUT2D eigenvalue weighted by Crippen LogP contribution is -2.36. The summed E-state index contributed by atoms with van der Waals surface area (Å²) in [6.07, 6.45) is 0. The molecule has 0 atom stereocenters. The third-order valence-corrected chi connectivity index (χ3v) is 4.30. The van der Waals surface area contributed by atoms with Crippen LogP contribution < -0.4 is 16.0 Å². The number of rotatable bonds is 3. The van der Waals surface area contributed by atoms with Crippen molar-refractivity contribution in [1.29, 1.82) is 0 Å². The Kier molecular flexibility index (Phi) is 3.99. The molecule has 7 nitrogen and oxygen atoms in total. The summed E-state index contributed by atoms with van der Waals surface area (Å²) in [6, 6.07) is 13.1. The first-order valence-corrected chi connectivity index (χ1v) is 8.18. The fourth-order valence-corrected chi connectivity index (χ4v) is 2.97. The monoisotopic (exact) mass is 337 g/mol. The van der Waals surface area contributed by atoms with E-state index in [-0.39, 0.29) is 5.91 Å². The normalized spacial score (nSPS) is 14.6. The Hall–Kier alpha value is -3.06. The van der Waals surface area contributed by atoms with E-state index >= 15 is 0 Å². The number of hydrogen-bond donors (Lipinski definition) is 3. The Bertz CT molecular complexity index is 897. The topological polar surface area (TPSA) is 96.3 Å². The number of nitrogens with zero attached hydrogens (tertiary/aromatic N) is 2. The molecule has 1 aliphatic heterocycles. The number of aromatic nitrogens is 2. The summed E-state index contributed by atoms with van der Waals surface area (Å²) in [6.45, 7) is 3.25. The smallest absolute Gasteiger partial charge is 0.276 e. The molecule has 2 heterocycles. The van der Waals surface area contributed by atoms with Gasteiger partial charge in [-0.2, -0.15) is 5.10 Å². The number of amides is 1. The molecule has 0 aliphatic carbocycles. The third-order valence-electron chi connectivity index (χ3n) is 4.30. The van der Waals surface area contributed by atoms with Gasteiger partial charge in [-0.15, -0.1) is 0 Å². The maximum atomic E-state index is 12.5. The summed E-state index contributed by atoms with van der Waals surface area (Å²) < 4.78 is 5.36. The van der Waals surface area contributed by atoms with Crippen LogP contribution >= 0.6 is 0 Å². The zero-order chi connectivity index (χ0) is 17.2. The number of nitrogens with one attached hydrogen (secondary N) is 2. The van der Waals surface area contributed by atoms with E-state index in [1.807, 2.05) is 30.3 Å². The highest BCUT2D eigenvalue weighted by atomic mass is 16.5. The van der Waals surface area contributed by atoms with Crippen LogP contribution in [-0.4, -0.2) is 42.4 Å². The number of H-pyrrole nitrogens is 1. The molecule has 7 heteroatoms. The average Bonchev–Trinajstić information content (AvgIpc) is 3.06. The lowest BCUT2D eigenvalue weighted by molar-refractivity contribution is 0.102. The van der Waals surface area contributed by atoms with Crippen molar-refractivity contribution in [3.05, 3.63) is 48.2 Å². The Labute approximate surface area is 144 Å². The van der Waals surface area contributed by atoms with Crippen LogP contribution in [0.2, 0.25) is 0 Å². The van der Waals surface area contributed by atoms with Crippen molar-refractivity contribution in [2.75, 3.05) is 42.3 Å². The van der Waals surface area contributed by atoms with Crippen molar-refractivity contribution in [1.82, 2.24) is 10.2 Å². The molecule has 1 aromatic heterocycles. The van der Waals surface area contributed by atoms with Crippen molar-refractivity contribution < 1.29 is 9.53 Å². The molecule has 0 spiro atoms.